The van der Waals surface area contributed by atoms with Crippen molar-refractivity contribution in [1.82, 2.24) is 10.2 Å². The van der Waals surface area contributed by atoms with Gasteiger partial charge in [0.15, 0.2) is 9.84 Å². The largest absolute Gasteiger partial charge is 0.314 e. The molecule has 1 radical (unpaired) electrons. The summed E-state index contributed by atoms with van der Waals surface area (Å²) in [6, 6.07) is 0. The summed E-state index contributed by atoms with van der Waals surface area (Å²) in [6.07, 6.45) is 0. The van der Waals surface area contributed by atoms with Gasteiger partial charge in [-0.1, -0.05) is 6.92 Å². The second-order valence-electron chi connectivity index (χ2n) is 2.84. The summed E-state index contributed by atoms with van der Waals surface area (Å²) in [4.78, 5) is 1.86. The molecule has 0 aromatic rings. The van der Waals surface area contributed by atoms with Crippen molar-refractivity contribution >= 4 is 9.84 Å². The molecule has 71 valence electrons. The van der Waals surface area contributed by atoms with Crippen molar-refractivity contribution in [3.63, 3.8) is 0 Å². The first kappa shape index (κ1) is 9.95. The zero-order valence-corrected chi connectivity index (χ0v) is 8.10. The number of hydrogen-bond donors (Lipinski definition) is 1. The van der Waals surface area contributed by atoms with Crippen LogP contribution in [0.5, 0.6) is 0 Å². The highest BCUT2D eigenvalue weighted by Crippen LogP contribution is 2.03. The van der Waals surface area contributed by atoms with Gasteiger partial charge in [-0.3, -0.25) is 4.90 Å². The maximum absolute atomic E-state index is 11.1. The van der Waals surface area contributed by atoms with Crippen molar-refractivity contribution in [1.29, 1.82) is 0 Å². The standard InChI is InChI=1S/C7H15N2O2S/c1-2-12(10,11)7-9-5-3-8-4-6-9/h7-8H,2-6H2,1H3. The maximum atomic E-state index is 11.1. The van der Waals surface area contributed by atoms with Crippen LogP contribution in [-0.4, -0.2) is 45.2 Å². The highest BCUT2D eigenvalue weighted by molar-refractivity contribution is 7.93. The summed E-state index contributed by atoms with van der Waals surface area (Å²) in [5.41, 5.74) is 0. The Hall–Kier alpha value is -0.130. The predicted molar refractivity (Wildman–Crippen MR) is 48.2 cm³/mol. The topological polar surface area (TPSA) is 49.4 Å². The van der Waals surface area contributed by atoms with E-state index in [1.54, 1.807) is 6.92 Å². The number of nitrogens with one attached hydrogen (secondary N) is 1. The van der Waals surface area contributed by atoms with Crippen LogP contribution in [0.2, 0.25) is 0 Å². The molecule has 5 heteroatoms. The average Bonchev–Trinajstić information content (AvgIpc) is 2.06. The summed E-state index contributed by atoms with van der Waals surface area (Å²) < 4.78 is 22.3. The van der Waals surface area contributed by atoms with Crippen molar-refractivity contribution in [2.45, 2.75) is 6.92 Å². The van der Waals surface area contributed by atoms with Gasteiger partial charge in [0.25, 0.3) is 0 Å². The van der Waals surface area contributed by atoms with Gasteiger partial charge < -0.3 is 5.32 Å². The minimum atomic E-state index is -2.95. The molecule has 1 heterocycles. The Morgan fingerprint density at radius 3 is 2.50 bits per heavy atom. The molecule has 1 fully saturated rings. The van der Waals surface area contributed by atoms with Crippen LogP contribution in [-0.2, 0) is 9.84 Å². The number of hydrogen-bond acceptors (Lipinski definition) is 4. The van der Waals surface area contributed by atoms with E-state index in [1.165, 1.54) is 5.88 Å². The van der Waals surface area contributed by atoms with E-state index in [0.29, 0.717) is 0 Å². The summed E-state index contributed by atoms with van der Waals surface area (Å²) in [6.45, 7) is 4.98. The SMILES string of the molecule is CCS(=O)(=O)[CH]N1CCNCC1. The molecule has 0 bridgehead atoms. The molecule has 1 aliphatic heterocycles. The van der Waals surface area contributed by atoms with Crippen LogP contribution in [0.4, 0.5) is 0 Å². The van der Waals surface area contributed by atoms with Gasteiger partial charge >= 0.3 is 0 Å². The number of nitrogens with zero attached hydrogens (tertiary/aromatic N) is 1. The molecule has 0 atom stereocenters. The van der Waals surface area contributed by atoms with E-state index in [0.717, 1.165) is 26.2 Å². The third-order valence-electron chi connectivity index (χ3n) is 1.86. The summed E-state index contributed by atoms with van der Waals surface area (Å²) in [5.74, 6) is 1.56. The second-order valence-corrected chi connectivity index (χ2v) is 4.96. The molecular formula is C7H15N2O2S. The summed E-state index contributed by atoms with van der Waals surface area (Å²) >= 11 is 0. The molecule has 0 aromatic heterocycles. The quantitative estimate of drug-likeness (QED) is 0.650. The minimum absolute atomic E-state index is 0.191. The Morgan fingerprint density at radius 2 is 2.00 bits per heavy atom. The number of rotatable bonds is 3. The van der Waals surface area contributed by atoms with Crippen molar-refractivity contribution in [3.05, 3.63) is 5.88 Å². The van der Waals surface area contributed by atoms with Crippen molar-refractivity contribution in [3.8, 4) is 0 Å². The lowest BCUT2D eigenvalue weighted by Gasteiger charge is -2.25. The molecule has 4 nitrogen and oxygen atoms in total. The van der Waals surface area contributed by atoms with E-state index in [1.807, 2.05) is 4.90 Å². The van der Waals surface area contributed by atoms with Gasteiger partial charge in [0.05, 0.1) is 0 Å². The summed E-state index contributed by atoms with van der Waals surface area (Å²) in [7, 11) is -2.95. The average molecular weight is 191 g/mol. The molecule has 0 amide bonds. The molecule has 0 saturated carbocycles. The van der Waals surface area contributed by atoms with Crippen LogP contribution in [0.25, 0.3) is 0 Å². The van der Waals surface area contributed by atoms with Crippen LogP contribution >= 0.6 is 0 Å². The van der Waals surface area contributed by atoms with Crippen LogP contribution in [0.3, 0.4) is 0 Å². The third kappa shape index (κ3) is 3.08. The Bertz CT molecular complexity index is 220. The second kappa shape index (κ2) is 4.20. The van der Waals surface area contributed by atoms with E-state index in [-0.39, 0.29) is 5.75 Å². The lowest BCUT2D eigenvalue weighted by molar-refractivity contribution is 0.308. The molecule has 1 saturated heterocycles. The Kier molecular flexibility index (Phi) is 3.49. The van der Waals surface area contributed by atoms with E-state index in [2.05, 4.69) is 5.32 Å². The fourth-order valence-corrected chi connectivity index (χ4v) is 1.90. The number of piperazine rings is 1. The zero-order chi connectivity index (χ0) is 9.03. The first-order valence-electron chi connectivity index (χ1n) is 4.16. The van der Waals surface area contributed by atoms with E-state index >= 15 is 0 Å². The van der Waals surface area contributed by atoms with Gasteiger partial charge in [-0.05, 0) is 0 Å². The van der Waals surface area contributed by atoms with Crippen molar-refractivity contribution in [2.24, 2.45) is 0 Å². The molecule has 0 unspecified atom stereocenters. The van der Waals surface area contributed by atoms with Gasteiger partial charge in [0, 0.05) is 31.9 Å². The van der Waals surface area contributed by atoms with E-state index in [4.69, 9.17) is 0 Å². The van der Waals surface area contributed by atoms with Gasteiger partial charge in [-0.2, -0.15) is 0 Å². The zero-order valence-electron chi connectivity index (χ0n) is 7.28. The van der Waals surface area contributed by atoms with Crippen molar-refractivity contribution < 1.29 is 8.42 Å². The lowest BCUT2D eigenvalue weighted by Crippen LogP contribution is -2.43. The fraction of sp³-hybridized carbons (Fsp3) is 0.857. The molecule has 1 rings (SSSR count). The van der Waals surface area contributed by atoms with Crippen molar-refractivity contribution in [2.75, 3.05) is 31.9 Å². The normalized spacial score (nSPS) is 21.1. The van der Waals surface area contributed by atoms with Gasteiger partial charge in [0.2, 0.25) is 0 Å². The Labute approximate surface area is 73.9 Å². The Balaban J connectivity index is 2.39. The Morgan fingerprint density at radius 1 is 1.42 bits per heavy atom. The minimum Gasteiger partial charge on any atom is -0.314 e. The fourth-order valence-electron chi connectivity index (χ4n) is 1.09. The van der Waals surface area contributed by atoms with Gasteiger partial charge in [-0.25, -0.2) is 8.42 Å². The van der Waals surface area contributed by atoms with E-state index in [9.17, 15) is 8.42 Å². The predicted octanol–water partition coefficient (Wildman–Crippen LogP) is -0.554. The van der Waals surface area contributed by atoms with Crippen LogP contribution in [0.15, 0.2) is 0 Å². The third-order valence-corrected chi connectivity index (χ3v) is 3.29. The van der Waals surface area contributed by atoms with Crippen LogP contribution in [0, 0.1) is 5.88 Å². The number of sulfone groups is 1. The lowest BCUT2D eigenvalue weighted by atomic mass is 10.4. The van der Waals surface area contributed by atoms with Crippen LogP contribution < -0.4 is 5.32 Å². The highest BCUT2D eigenvalue weighted by Gasteiger charge is 2.17. The summed E-state index contributed by atoms with van der Waals surface area (Å²) in [5, 5.41) is 3.16. The van der Waals surface area contributed by atoms with Gasteiger partial charge in [0.1, 0.15) is 5.88 Å². The molecule has 0 aromatic carbocycles. The first-order chi connectivity index (χ1) is 5.64. The molecular weight excluding hydrogens is 176 g/mol. The molecule has 0 aliphatic carbocycles. The maximum Gasteiger partial charge on any atom is 0.168 e. The van der Waals surface area contributed by atoms with Crippen LogP contribution in [0.1, 0.15) is 6.92 Å². The highest BCUT2D eigenvalue weighted by atomic mass is 32.2. The molecule has 1 aliphatic rings. The first-order valence-corrected chi connectivity index (χ1v) is 5.88. The molecule has 12 heavy (non-hydrogen) atoms. The van der Waals surface area contributed by atoms with Gasteiger partial charge in [-0.15, -0.1) is 0 Å². The monoisotopic (exact) mass is 191 g/mol. The smallest absolute Gasteiger partial charge is 0.168 e. The van der Waals surface area contributed by atoms with E-state index < -0.39 is 9.84 Å². The molecule has 1 N–H and O–H groups in total. The molecule has 0 spiro atoms.